The van der Waals surface area contributed by atoms with E-state index in [2.05, 4.69) is 4.98 Å². The van der Waals surface area contributed by atoms with Gasteiger partial charge in [-0.3, -0.25) is 9.59 Å². The monoisotopic (exact) mass is 378 g/mol. The van der Waals surface area contributed by atoms with Crippen LogP contribution in [0.4, 0.5) is 4.39 Å². The molecular formula is C18H19FN2O4S. The Morgan fingerprint density at radius 2 is 2.12 bits per heavy atom. The van der Waals surface area contributed by atoms with Crippen LogP contribution in [-0.4, -0.2) is 52.7 Å². The fourth-order valence-corrected chi connectivity index (χ4v) is 3.65. The zero-order valence-electron chi connectivity index (χ0n) is 14.1. The first-order chi connectivity index (χ1) is 12.5. The smallest absolute Gasteiger partial charge is 0.306 e. The number of aliphatic carboxylic acids is 1. The number of nitrogens with zero attached hydrogens (tertiary/aromatic N) is 2. The number of amides is 1. The van der Waals surface area contributed by atoms with Crippen molar-refractivity contribution < 1.29 is 23.8 Å². The van der Waals surface area contributed by atoms with E-state index in [4.69, 9.17) is 9.84 Å². The summed E-state index contributed by atoms with van der Waals surface area (Å²) >= 11 is 1.47. The lowest BCUT2D eigenvalue weighted by atomic mass is 10.1. The maximum atomic E-state index is 13.0. The molecular weight excluding hydrogens is 359 g/mol. The topological polar surface area (TPSA) is 79.7 Å². The first-order valence-corrected chi connectivity index (χ1v) is 9.16. The molecule has 1 unspecified atom stereocenters. The normalized spacial score (nSPS) is 17.3. The number of ether oxygens (including phenoxy) is 1. The molecule has 2 aromatic rings. The van der Waals surface area contributed by atoms with Crippen LogP contribution in [0.3, 0.4) is 0 Å². The molecule has 3 rings (SSSR count). The molecule has 8 heteroatoms. The predicted molar refractivity (Wildman–Crippen MR) is 93.6 cm³/mol. The summed E-state index contributed by atoms with van der Waals surface area (Å²) in [6.07, 6.45) is 0.203. The molecule has 6 nitrogen and oxygen atoms in total. The molecule has 1 aliphatic heterocycles. The molecule has 1 fully saturated rings. The van der Waals surface area contributed by atoms with E-state index in [0.717, 1.165) is 10.6 Å². The predicted octanol–water partition coefficient (Wildman–Crippen LogP) is 2.12. The van der Waals surface area contributed by atoms with Gasteiger partial charge in [0.2, 0.25) is 5.91 Å². The van der Waals surface area contributed by atoms with Gasteiger partial charge >= 0.3 is 5.97 Å². The summed E-state index contributed by atoms with van der Waals surface area (Å²) in [5, 5.41) is 11.6. The molecule has 1 atom stereocenters. The number of hydrogen-bond acceptors (Lipinski definition) is 5. The van der Waals surface area contributed by atoms with Crippen LogP contribution in [0, 0.1) is 5.82 Å². The molecule has 26 heavy (non-hydrogen) atoms. The molecule has 138 valence electrons. The highest BCUT2D eigenvalue weighted by Gasteiger charge is 2.26. The number of thiazole rings is 1. The van der Waals surface area contributed by atoms with Crippen molar-refractivity contribution in [2.75, 3.05) is 19.7 Å². The Bertz CT molecular complexity index is 778. The van der Waals surface area contributed by atoms with Crippen molar-refractivity contribution in [1.29, 1.82) is 0 Å². The van der Waals surface area contributed by atoms with Gasteiger partial charge in [0, 0.05) is 24.9 Å². The number of halogens is 1. The highest BCUT2D eigenvalue weighted by molar-refractivity contribution is 7.09. The number of carboxylic acid groups (broad SMARTS) is 1. The molecule has 0 bridgehead atoms. The molecule has 2 heterocycles. The summed E-state index contributed by atoms with van der Waals surface area (Å²) in [6, 6.07) is 6.27. The highest BCUT2D eigenvalue weighted by atomic mass is 32.1. The number of carbonyl (C=O) groups excluding carboxylic acids is 1. The van der Waals surface area contributed by atoms with E-state index in [-0.39, 0.29) is 31.1 Å². The second kappa shape index (κ2) is 8.37. The summed E-state index contributed by atoms with van der Waals surface area (Å²) in [4.78, 5) is 29.4. The third-order valence-electron chi connectivity index (χ3n) is 4.09. The Morgan fingerprint density at radius 3 is 2.85 bits per heavy atom. The van der Waals surface area contributed by atoms with Crippen molar-refractivity contribution in [3.8, 4) is 0 Å². The standard InChI is InChI=1S/C18H19FN2O4S/c19-13-3-1-12(2-4-13)7-16-20-14(11-26-16)8-17(22)21-5-6-25-15(10-21)9-18(23)24/h1-4,11,15H,5-10H2,(H,23,24). The number of carboxylic acids is 1. The fraction of sp³-hybridized carbons (Fsp3) is 0.389. The maximum absolute atomic E-state index is 13.0. The SMILES string of the molecule is O=C(O)CC1CN(C(=O)Cc2csc(Cc3ccc(F)cc3)n2)CCO1. The van der Waals surface area contributed by atoms with Crippen molar-refractivity contribution >= 4 is 23.2 Å². The molecule has 1 aromatic carbocycles. The van der Waals surface area contributed by atoms with Gasteiger partial charge in [-0.25, -0.2) is 9.37 Å². The molecule has 1 N–H and O–H groups in total. The molecule has 1 aliphatic rings. The van der Waals surface area contributed by atoms with Crippen LogP contribution in [0.1, 0.15) is 22.7 Å². The Balaban J connectivity index is 1.55. The van der Waals surface area contributed by atoms with Crippen molar-refractivity contribution in [3.63, 3.8) is 0 Å². The van der Waals surface area contributed by atoms with Gasteiger partial charge in [-0.1, -0.05) is 12.1 Å². The van der Waals surface area contributed by atoms with E-state index >= 15 is 0 Å². The summed E-state index contributed by atoms with van der Waals surface area (Å²) in [5.41, 5.74) is 1.65. The zero-order valence-corrected chi connectivity index (χ0v) is 14.9. The number of rotatable bonds is 6. The van der Waals surface area contributed by atoms with Gasteiger partial charge in [0.05, 0.1) is 36.3 Å². The number of morpholine rings is 1. The minimum atomic E-state index is -0.936. The molecule has 1 amide bonds. The van der Waals surface area contributed by atoms with Gasteiger partial charge < -0.3 is 14.7 Å². The molecule has 0 saturated carbocycles. The summed E-state index contributed by atoms with van der Waals surface area (Å²) in [6.45, 7) is 1.09. The van der Waals surface area contributed by atoms with Crippen LogP contribution >= 0.6 is 11.3 Å². The molecule has 1 saturated heterocycles. The number of benzene rings is 1. The zero-order chi connectivity index (χ0) is 18.5. The van der Waals surface area contributed by atoms with Gasteiger partial charge in [-0.15, -0.1) is 11.3 Å². The van der Waals surface area contributed by atoms with Crippen molar-refractivity contribution in [1.82, 2.24) is 9.88 Å². The van der Waals surface area contributed by atoms with Gasteiger partial charge in [-0.2, -0.15) is 0 Å². The number of carbonyl (C=O) groups is 2. The average molecular weight is 378 g/mol. The van der Waals surface area contributed by atoms with E-state index in [9.17, 15) is 14.0 Å². The maximum Gasteiger partial charge on any atom is 0.306 e. The summed E-state index contributed by atoms with van der Waals surface area (Å²) in [7, 11) is 0. The van der Waals surface area contributed by atoms with Crippen LogP contribution in [0.25, 0.3) is 0 Å². The second-order valence-electron chi connectivity index (χ2n) is 6.14. The summed E-state index contributed by atoms with van der Waals surface area (Å²) < 4.78 is 18.3. The number of aromatic nitrogens is 1. The molecule has 1 aromatic heterocycles. The fourth-order valence-electron chi connectivity index (χ4n) is 2.82. The first kappa shape index (κ1) is 18.5. The third-order valence-corrected chi connectivity index (χ3v) is 4.99. The largest absolute Gasteiger partial charge is 0.481 e. The number of hydrogen-bond donors (Lipinski definition) is 1. The van der Waals surface area contributed by atoms with Crippen LogP contribution < -0.4 is 0 Å². The van der Waals surface area contributed by atoms with E-state index in [1.165, 1.54) is 23.5 Å². The van der Waals surface area contributed by atoms with E-state index in [1.54, 1.807) is 17.0 Å². The van der Waals surface area contributed by atoms with Crippen molar-refractivity contribution in [2.45, 2.75) is 25.4 Å². The second-order valence-corrected chi connectivity index (χ2v) is 7.09. The highest BCUT2D eigenvalue weighted by Crippen LogP contribution is 2.17. The van der Waals surface area contributed by atoms with Gasteiger partial charge in [0.25, 0.3) is 0 Å². The Labute approximate surface area is 154 Å². The first-order valence-electron chi connectivity index (χ1n) is 8.28. The molecule has 0 spiro atoms. The lowest BCUT2D eigenvalue weighted by molar-refractivity contribution is -0.147. The van der Waals surface area contributed by atoms with Gasteiger partial charge in [0.15, 0.2) is 0 Å². The lowest BCUT2D eigenvalue weighted by Crippen LogP contribution is -2.46. The van der Waals surface area contributed by atoms with Crippen LogP contribution in [0.15, 0.2) is 29.6 Å². The van der Waals surface area contributed by atoms with Crippen molar-refractivity contribution in [3.05, 3.63) is 51.7 Å². The third kappa shape index (κ3) is 5.09. The van der Waals surface area contributed by atoms with Crippen molar-refractivity contribution in [2.24, 2.45) is 0 Å². The Morgan fingerprint density at radius 1 is 1.35 bits per heavy atom. The minimum Gasteiger partial charge on any atom is -0.481 e. The minimum absolute atomic E-state index is 0.0812. The van der Waals surface area contributed by atoms with E-state index in [0.29, 0.717) is 25.3 Å². The summed E-state index contributed by atoms with van der Waals surface area (Å²) in [5.74, 6) is -1.29. The Hall–Kier alpha value is -2.32. The quantitative estimate of drug-likeness (QED) is 0.833. The van der Waals surface area contributed by atoms with Crippen LogP contribution in [-0.2, 0) is 27.2 Å². The van der Waals surface area contributed by atoms with Crippen LogP contribution in [0.5, 0.6) is 0 Å². The van der Waals surface area contributed by atoms with Gasteiger partial charge in [-0.05, 0) is 17.7 Å². The molecule has 0 radical (unpaired) electrons. The molecule has 0 aliphatic carbocycles. The van der Waals surface area contributed by atoms with E-state index in [1.807, 2.05) is 5.38 Å². The van der Waals surface area contributed by atoms with Crippen LogP contribution in [0.2, 0.25) is 0 Å². The van der Waals surface area contributed by atoms with E-state index < -0.39 is 12.1 Å². The Kier molecular flexibility index (Phi) is 5.95. The average Bonchev–Trinajstić information content (AvgIpc) is 3.03. The van der Waals surface area contributed by atoms with Gasteiger partial charge in [0.1, 0.15) is 5.82 Å². The lowest BCUT2D eigenvalue weighted by Gasteiger charge is -2.32.